The van der Waals surface area contributed by atoms with Crippen LogP contribution in [0.15, 0.2) is 17.1 Å². The molecular weight excluding hydrogens is 216 g/mol. The van der Waals surface area contributed by atoms with Crippen molar-refractivity contribution < 1.29 is 4.79 Å². The summed E-state index contributed by atoms with van der Waals surface area (Å²) in [7, 11) is 1.73. The first-order valence-electron chi connectivity index (χ1n) is 6.01. The van der Waals surface area contributed by atoms with Crippen LogP contribution >= 0.6 is 0 Å². The zero-order valence-electron chi connectivity index (χ0n) is 10.7. The van der Waals surface area contributed by atoms with E-state index in [-0.39, 0.29) is 16.9 Å². The number of hydrogen-bond acceptors (Lipinski definition) is 2. The maximum Gasteiger partial charge on any atom is 0.259 e. The van der Waals surface area contributed by atoms with Crippen LogP contribution in [-0.2, 0) is 0 Å². The smallest absolute Gasteiger partial charge is 0.259 e. The highest BCUT2D eigenvalue weighted by molar-refractivity contribution is 5.93. The van der Waals surface area contributed by atoms with Crippen molar-refractivity contribution in [1.82, 2.24) is 9.88 Å². The third kappa shape index (κ3) is 3.73. The normalized spacial score (nSPS) is 10.3. The molecule has 1 amide bonds. The van der Waals surface area contributed by atoms with Crippen LogP contribution < -0.4 is 5.43 Å². The highest BCUT2D eigenvalue weighted by Gasteiger charge is 2.14. The van der Waals surface area contributed by atoms with E-state index in [4.69, 9.17) is 0 Å². The largest absolute Gasteiger partial charge is 0.364 e. The molecule has 0 aliphatic heterocycles. The molecule has 1 aromatic heterocycles. The number of aromatic amines is 1. The van der Waals surface area contributed by atoms with Crippen LogP contribution in [0.2, 0.25) is 0 Å². The fourth-order valence-corrected chi connectivity index (χ4v) is 1.65. The maximum atomic E-state index is 12.0. The molecule has 0 aromatic carbocycles. The minimum Gasteiger partial charge on any atom is -0.364 e. The summed E-state index contributed by atoms with van der Waals surface area (Å²) in [5.74, 6) is -0.206. The monoisotopic (exact) mass is 236 g/mol. The number of aromatic nitrogens is 1. The van der Waals surface area contributed by atoms with Crippen LogP contribution in [0.25, 0.3) is 0 Å². The van der Waals surface area contributed by atoms with Crippen LogP contribution in [0.4, 0.5) is 0 Å². The van der Waals surface area contributed by atoms with Gasteiger partial charge < -0.3 is 9.88 Å². The van der Waals surface area contributed by atoms with Gasteiger partial charge >= 0.3 is 0 Å². The summed E-state index contributed by atoms with van der Waals surface area (Å²) in [4.78, 5) is 28.1. The average molecular weight is 236 g/mol. The molecule has 4 nitrogen and oxygen atoms in total. The average Bonchev–Trinajstić information content (AvgIpc) is 2.28. The highest BCUT2D eigenvalue weighted by Crippen LogP contribution is 2.01. The molecule has 0 spiro atoms. The van der Waals surface area contributed by atoms with E-state index in [1.807, 2.05) is 0 Å². The van der Waals surface area contributed by atoms with Crippen molar-refractivity contribution in [3.8, 4) is 0 Å². The van der Waals surface area contributed by atoms with Gasteiger partial charge in [0, 0.05) is 31.5 Å². The lowest BCUT2D eigenvalue weighted by molar-refractivity contribution is 0.0791. The number of H-pyrrole nitrogens is 1. The van der Waals surface area contributed by atoms with Crippen LogP contribution in [0.3, 0.4) is 0 Å². The Hall–Kier alpha value is -1.58. The molecule has 1 N–H and O–H groups in total. The molecule has 0 bridgehead atoms. The van der Waals surface area contributed by atoms with Gasteiger partial charge in [-0.3, -0.25) is 9.59 Å². The molecule has 94 valence electrons. The van der Waals surface area contributed by atoms with Gasteiger partial charge in [-0.15, -0.1) is 0 Å². The van der Waals surface area contributed by atoms with Crippen LogP contribution in [0, 0.1) is 6.92 Å². The first-order chi connectivity index (χ1) is 8.06. The second-order valence-corrected chi connectivity index (χ2v) is 4.33. The number of carbonyl (C=O) groups excluding carboxylic acids is 1. The van der Waals surface area contributed by atoms with Crippen molar-refractivity contribution in [3.05, 3.63) is 33.7 Å². The summed E-state index contributed by atoms with van der Waals surface area (Å²) in [6.07, 6.45) is 4.69. The van der Waals surface area contributed by atoms with E-state index in [1.54, 1.807) is 18.9 Å². The predicted molar refractivity (Wildman–Crippen MR) is 68.3 cm³/mol. The molecule has 4 heteroatoms. The van der Waals surface area contributed by atoms with Gasteiger partial charge in [-0.1, -0.05) is 19.8 Å². The third-order valence-electron chi connectivity index (χ3n) is 2.73. The van der Waals surface area contributed by atoms with Crippen molar-refractivity contribution in [2.45, 2.75) is 33.1 Å². The van der Waals surface area contributed by atoms with E-state index < -0.39 is 0 Å². The van der Waals surface area contributed by atoms with E-state index in [0.29, 0.717) is 6.54 Å². The molecule has 1 aromatic rings. The Labute approximate surface area is 102 Å². The molecule has 0 aliphatic carbocycles. The number of unbranched alkanes of at least 4 members (excludes halogenated alkanes) is 2. The first-order valence-corrected chi connectivity index (χ1v) is 6.01. The summed E-state index contributed by atoms with van der Waals surface area (Å²) < 4.78 is 0. The Morgan fingerprint density at radius 3 is 2.71 bits per heavy atom. The molecule has 0 radical (unpaired) electrons. The molecular formula is C13H20N2O2. The predicted octanol–water partition coefficient (Wildman–Crippen LogP) is 1.95. The van der Waals surface area contributed by atoms with Crippen molar-refractivity contribution in [2.75, 3.05) is 13.6 Å². The number of carbonyl (C=O) groups is 1. The fourth-order valence-electron chi connectivity index (χ4n) is 1.65. The third-order valence-corrected chi connectivity index (χ3v) is 2.73. The van der Waals surface area contributed by atoms with E-state index in [0.717, 1.165) is 25.0 Å². The molecule has 1 heterocycles. The maximum absolute atomic E-state index is 12.0. The summed E-state index contributed by atoms with van der Waals surface area (Å²) in [6.45, 7) is 4.60. The summed E-state index contributed by atoms with van der Waals surface area (Å²) in [6, 6.07) is 1.45. The topological polar surface area (TPSA) is 53.2 Å². The minimum atomic E-state index is -0.214. The lowest BCUT2D eigenvalue weighted by Gasteiger charge is -2.16. The summed E-state index contributed by atoms with van der Waals surface area (Å²) in [5, 5.41) is 0. The number of rotatable bonds is 5. The van der Waals surface area contributed by atoms with Gasteiger partial charge in [0.05, 0.1) is 0 Å². The van der Waals surface area contributed by atoms with Gasteiger partial charge in [0.25, 0.3) is 5.91 Å². The van der Waals surface area contributed by atoms with E-state index in [1.165, 1.54) is 12.3 Å². The van der Waals surface area contributed by atoms with Gasteiger partial charge in [0.1, 0.15) is 5.56 Å². The Morgan fingerprint density at radius 2 is 2.12 bits per heavy atom. The molecule has 0 fully saturated rings. The van der Waals surface area contributed by atoms with Gasteiger partial charge in [-0.2, -0.15) is 0 Å². The second-order valence-electron chi connectivity index (χ2n) is 4.33. The minimum absolute atomic E-state index is 0.206. The zero-order valence-corrected chi connectivity index (χ0v) is 10.7. The molecule has 0 saturated heterocycles. The van der Waals surface area contributed by atoms with Gasteiger partial charge in [0.2, 0.25) is 0 Å². The number of nitrogens with zero attached hydrogens (tertiary/aromatic N) is 1. The van der Waals surface area contributed by atoms with Crippen molar-refractivity contribution in [1.29, 1.82) is 0 Å². The number of aryl methyl sites for hydroxylation is 1. The molecule has 17 heavy (non-hydrogen) atoms. The quantitative estimate of drug-likeness (QED) is 0.794. The van der Waals surface area contributed by atoms with E-state index >= 15 is 0 Å². The Kier molecular flexibility index (Phi) is 4.94. The van der Waals surface area contributed by atoms with Crippen molar-refractivity contribution in [2.24, 2.45) is 0 Å². The number of amides is 1. The van der Waals surface area contributed by atoms with E-state index in [2.05, 4.69) is 11.9 Å². The molecule has 0 aliphatic rings. The van der Waals surface area contributed by atoms with Crippen molar-refractivity contribution >= 4 is 5.91 Å². The van der Waals surface area contributed by atoms with Crippen LogP contribution in [0.5, 0.6) is 0 Å². The van der Waals surface area contributed by atoms with E-state index in [9.17, 15) is 9.59 Å². The summed E-state index contributed by atoms with van der Waals surface area (Å²) >= 11 is 0. The number of hydrogen-bond donors (Lipinski definition) is 1. The highest BCUT2D eigenvalue weighted by atomic mass is 16.2. The van der Waals surface area contributed by atoms with Crippen LogP contribution in [-0.4, -0.2) is 29.4 Å². The van der Waals surface area contributed by atoms with Crippen molar-refractivity contribution in [3.63, 3.8) is 0 Å². The fraction of sp³-hybridized carbons (Fsp3) is 0.538. The lowest BCUT2D eigenvalue weighted by atomic mass is 10.2. The molecule has 1 rings (SSSR count). The molecule has 0 atom stereocenters. The summed E-state index contributed by atoms with van der Waals surface area (Å²) in [5.41, 5.74) is 0.767. The Balaban J connectivity index is 2.72. The molecule has 0 saturated carbocycles. The molecule has 0 unspecified atom stereocenters. The number of nitrogens with one attached hydrogen (secondary N) is 1. The lowest BCUT2D eigenvalue weighted by Crippen LogP contribution is -2.31. The number of pyridine rings is 1. The van der Waals surface area contributed by atoms with Crippen LogP contribution in [0.1, 0.15) is 42.2 Å². The second kappa shape index (κ2) is 6.23. The van der Waals surface area contributed by atoms with Gasteiger partial charge in [0.15, 0.2) is 5.43 Å². The first kappa shape index (κ1) is 13.5. The SMILES string of the molecule is CCCCCN(C)C(=O)c1c[nH]c(C)cc1=O. The van der Waals surface area contributed by atoms with Gasteiger partial charge in [-0.05, 0) is 13.3 Å². The Morgan fingerprint density at radius 1 is 1.41 bits per heavy atom. The standard InChI is InChI=1S/C13H20N2O2/c1-4-5-6-7-15(3)13(17)11-9-14-10(2)8-12(11)16/h8-9H,4-7H2,1-3H3,(H,14,16). The Bertz CT molecular complexity index is 437. The van der Waals surface area contributed by atoms with Gasteiger partial charge in [-0.25, -0.2) is 0 Å². The zero-order chi connectivity index (χ0) is 12.8.